The molecule has 0 spiro atoms. The van der Waals surface area contributed by atoms with E-state index in [-0.39, 0.29) is 85.0 Å². The van der Waals surface area contributed by atoms with Gasteiger partial charge in [-0.2, -0.15) is 0 Å². The number of aromatic nitrogens is 1. The van der Waals surface area contributed by atoms with Gasteiger partial charge in [0.1, 0.15) is 13.1 Å². The molecule has 1 aromatic heterocycles. The molecule has 6 aromatic carbocycles. The average Bonchev–Trinajstić information content (AvgIpc) is 1.72. The normalized spacial score (nSPS) is 12.5. The fraction of sp³-hybridized carbons (Fsp3) is 0.429. The van der Waals surface area contributed by atoms with E-state index < -0.39 is 243 Å². The lowest BCUT2D eigenvalue weighted by Gasteiger charge is -2.35. The first-order valence-electron chi connectivity index (χ1n) is 41.4. The summed E-state index contributed by atoms with van der Waals surface area (Å²) in [5.74, 6) is -10.8. The van der Waals surface area contributed by atoms with Gasteiger partial charge in [0.2, 0.25) is 69.1 Å². The van der Waals surface area contributed by atoms with Gasteiger partial charge in [-0.25, -0.2) is 13.6 Å². The van der Waals surface area contributed by atoms with Crippen molar-refractivity contribution in [1.82, 2.24) is 54.4 Å². The molecule has 4 atom stereocenters. The largest absolute Gasteiger partial charge is 0.368 e. The minimum absolute atomic E-state index is 0.00829. The van der Waals surface area contributed by atoms with E-state index in [1.165, 1.54) is 86.3 Å². The van der Waals surface area contributed by atoms with Crippen molar-refractivity contribution in [3.8, 4) is 0 Å². The number of benzene rings is 6. The van der Waals surface area contributed by atoms with Crippen molar-refractivity contribution >= 4 is 118 Å². The smallest absolute Gasteiger partial charge is 0.325 e. The van der Waals surface area contributed by atoms with Crippen molar-refractivity contribution < 1.29 is 105 Å². The maximum atomic E-state index is 15.8. The van der Waals surface area contributed by atoms with E-state index in [0.29, 0.717) is 34.0 Å². The fourth-order valence-electron chi connectivity index (χ4n) is 14.0. The molecule has 0 unspecified atom stereocenters. The summed E-state index contributed by atoms with van der Waals surface area (Å²) in [6.45, 7) is -1.60. The SMILES string of the molecule is CC(C)CCN(CC(=O)N(CC(=O)N(CCCCP(=O)(O)O)CC(=O)N(CCc1ccccc1)CC(=O)N(CC(=O)N(CCCP(=O)(O)O)CC(=O)N(CCc1c[nH]c2ccccc12)CC(=O)N(CCS(N)(=O)=O)CC(=O)N(CC(N)=O)[C@@H](C)c1ccc([N+](=O)[O-])cc1)[C@@H](C)c1ccc([N+](=O)[O-])cc1)[C@@H](C)c1ccc([N+](=O)[O-])cc1)C(=O)CN[C@@H](C)c1ccc([N+](=O)[O-])cc1. The molecule has 7 aromatic rings. The fourth-order valence-corrected chi connectivity index (χ4v) is 15.7. The Balaban J connectivity index is 1.27. The highest BCUT2D eigenvalue weighted by molar-refractivity contribution is 7.89. The number of nitro benzene ring substituents is 4. The number of hydrogen-bond acceptors (Lipinski definition) is 23. The molecule has 0 fully saturated rings. The van der Waals surface area contributed by atoms with E-state index in [1.54, 1.807) is 67.7 Å². The number of non-ortho nitro benzene ring substituents is 4. The van der Waals surface area contributed by atoms with Gasteiger partial charge in [-0.05, 0) is 112 Å². The van der Waals surface area contributed by atoms with Crippen molar-refractivity contribution in [3.05, 3.63) is 232 Å². The molecular formula is C84H109N17O26P2S. The molecule has 0 saturated heterocycles. The van der Waals surface area contributed by atoms with Gasteiger partial charge in [0, 0.05) is 117 Å². The Hall–Kier alpha value is -12.7. The van der Waals surface area contributed by atoms with Crippen LogP contribution in [0.1, 0.15) is 125 Å². The van der Waals surface area contributed by atoms with Crippen LogP contribution in [0.2, 0.25) is 0 Å². The number of hydrogen-bond donors (Lipinski definition) is 8. The lowest BCUT2D eigenvalue weighted by Crippen LogP contribution is -2.53. The maximum Gasteiger partial charge on any atom is 0.325 e. The summed E-state index contributed by atoms with van der Waals surface area (Å²) < 4.78 is 50.2. The lowest BCUT2D eigenvalue weighted by molar-refractivity contribution is -0.385. The number of nitrogens with two attached hydrogens (primary N) is 2. The highest BCUT2D eigenvalue weighted by Gasteiger charge is 2.37. The Bertz CT molecular complexity index is 5380. The van der Waals surface area contributed by atoms with E-state index in [9.17, 15) is 92.0 Å². The molecule has 702 valence electrons. The predicted molar refractivity (Wildman–Crippen MR) is 475 cm³/mol. The van der Waals surface area contributed by atoms with Crippen LogP contribution in [-0.4, -0.2) is 279 Å². The van der Waals surface area contributed by atoms with Crippen LogP contribution in [0.5, 0.6) is 0 Å². The zero-order chi connectivity index (χ0) is 96.1. The third-order valence-electron chi connectivity index (χ3n) is 21.8. The monoisotopic (exact) mass is 1870 g/mol. The molecule has 130 heavy (non-hydrogen) atoms. The molecule has 0 radical (unpaired) electrons. The summed E-state index contributed by atoms with van der Waals surface area (Å²) in [7, 11) is -14.1. The van der Waals surface area contributed by atoms with Crippen LogP contribution in [0, 0.1) is 46.4 Å². The number of amides is 10. The minimum atomic E-state index is -4.92. The molecule has 0 aliphatic rings. The van der Waals surface area contributed by atoms with Crippen LogP contribution in [0.4, 0.5) is 22.7 Å². The van der Waals surface area contributed by atoms with E-state index in [2.05, 4.69) is 10.3 Å². The third kappa shape index (κ3) is 33.4. The molecule has 10 N–H and O–H groups in total. The van der Waals surface area contributed by atoms with Gasteiger partial charge in [-0.15, -0.1) is 0 Å². The minimum Gasteiger partial charge on any atom is -0.368 e. The number of carbonyl (C=O) groups excluding carboxylic acids is 10. The number of nitrogens with one attached hydrogen (secondary N) is 2. The highest BCUT2D eigenvalue weighted by atomic mass is 32.2. The molecule has 0 saturated carbocycles. The standard InChI is InChI=1S/C84H109N17O26P2S/c1-58(2)35-40-91(76(103)48-87-59(3)64-19-27-69(28-20-64)98(112)113)53-83(110)96(61(5)66-23-31-71(32-24-66)100(116)117)56-80(107)89(38-12-13-44-128(120,121)122)50-77(104)92(41-36-63-15-8-7-9-16-63)54-84(111)97(62(6)67-25-33-72(34-26-67)101(118)119)57-81(108)90(39-14-45-129(123,124)125)51-78(105)93(42-37-68-47-88-74-18-11-10-17-73(68)74)52-79(106)94(43-46-130(86,126)127)55-82(109)95(49-75(85)102)60(4)65-21-29-70(30-22-65)99(114)115/h7-11,15-34,47,58-62,87-88H,12-14,35-46,48-57H2,1-6H3,(H2,85,102)(H2,86,126,127)(H2,120,121,122)(H2,123,124,125)/t59-,60-,61-,62-/m0/s1. The maximum absolute atomic E-state index is 15.8. The quantitative estimate of drug-likeness (QED) is 0.00934. The van der Waals surface area contributed by atoms with Gasteiger partial charge in [-0.3, -0.25) is 97.5 Å². The lowest BCUT2D eigenvalue weighted by atomic mass is 10.1. The van der Waals surface area contributed by atoms with Gasteiger partial charge in [-0.1, -0.05) is 111 Å². The van der Waals surface area contributed by atoms with Crippen molar-refractivity contribution in [2.75, 3.05) is 123 Å². The number of aromatic amines is 1. The van der Waals surface area contributed by atoms with Crippen molar-refractivity contribution in [3.63, 3.8) is 0 Å². The number of nitrogens with zero attached hydrogens (tertiary/aromatic N) is 13. The highest BCUT2D eigenvalue weighted by Crippen LogP contribution is 2.37. The van der Waals surface area contributed by atoms with Crippen LogP contribution in [0.15, 0.2) is 158 Å². The summed E-state index contributed by atoms with van der Waals surface area (Å²) in [4.78, 5) is 246. The van der Waals surface area contributed by atoms with Gasteiger partial charge in [0.05, 0.1) is 102 Å². The van der Waals surface area contributed by atoms with Gasteiger partial charge in [0.25, 0.3) is 22.7 Å². The first-order valence-corrected chi connectivity index (χ1v) is 46.7. The first kappa shape index (κ1) is 104. The molecule has 0 aliphatic heterocycles. The van der Waals surface area contributed by atoms with Gasteiger partial charge < -0.3 is 79.7 Å². The van der Waals surface area contributed by atoms with Crippen molar-refractivity contribution in [2.45, 2.75) is 104 Å². The summed E-state index contributed by atoms with van der Waals surface area (Å²) >= 11 is 0. The Morgan fingerprint density at radius 1 is 0.415 bits per heavy atom. The summed E-state index contributed by atoms with van der Waals surface area (Å²) in [6, 6.07) is 31.6. The zero-order valence-electron chi connectivity index (χ0n) is 72.6. The van der Waals surface area contributed by atoms with Crippen LogP contribution < -0.4 is 16.2 Å². The Kier molecular flexibility index (Phi) is 39.1. The van der Waals surface area contributed by atoms with Crippen LogP contribution in [0.3, 0.4) is 0 Å². The Morgan fingerprint density at radius 2 is 0.762 bits per heavy atom. The third-order valence-corrected chi connectivity index (χ3v) is 24.3. The Labute approximate surface area is 749 Å². The van der Waals surface area contributed by atoms with Crippen LogP contribution in [-0.2, 0) is 79.9 Å². The van der Waals surface area contributed by atoms with Crippen molar-refractivity contribution in [2.24, 2.45) is 16.8 Å². The molecule has 43 nitrogen and oxygen atoms in total. The van der Waals surface area contributed by atoms with Crippen LogP contribution >= 0.6 is 15.2 Å². The van der Waals surface area contributed by atoms with E-state index in [0.717, 1.165) is 75.6 Å². The second kappa shape index (κ2) is 48.7. The number of sulfonamides is 1. The number of carbonyl (C=O) groups is 10. The number of H-pyrrole nitrogens is 1. The van der Waals surface area contributed by atoms with Crippen LogP contribution in [0.25, 0.3) is 10.9 Å². The number of unbranched alkanes of at least 4 members (excludes halogenated alkanes) is 1. The van der Waals surface area contributed by atoms with E-state index in [1.807, 2.05) is 13.8 Å². The number of primary sulfonamides is 1. The van der Waals surface area contributed by atoms with E-state index in [4.69, 9.17) is 10.9 Å². The molecule has 7 rings (SSSR count). The van der Waals surface area contributed by atoms with Crippen molar-refractivity contribution in [1.29, 1.82) is 0 Å². The number of rotatable bonds is 53. The molecule has 0 aliphatic carbocycles. The number of primary amides is 1. The summed E-state index contributed by atoms with van der Waals surface area (Å²) in [5, 5.41) is 56.1. The average molecular weight is 1870 g/mol. The molecule has 10 amide bonds. The number of para-hydroxylation sites is 1. The van der Waals surface area contributed by atoms with Gasteiger partial charge >= 0.3 is 15.2 Å². The first-order chi connectivity index (χ1) is 61.1. The number of fused-ring (bicyclic) bond motifs is 1. The van der Waals surface area contributed by atoms with Gasteiger partial charge in [0.15, 0.2) is 0 Å². The second-order valence-corrected chi connectivity index (χ2v) is 37.0. The second-order valence-electron chi connectivity index (χ2n) is 31.7. The molecule has 46 heteroatoms. The molecular weight excluding hydrogens is 1760 g/mol. The summed E-state index contributed by atoms with van der Waals surface area (Å²) in [5.41, 5.74) is 7.44. The van der Waals surface area contributed by atoms with E-state index >= 15 is 33.6 Å². The summed E-state index contributed by atoms with van der Waals surface area (Å²) in [6.07, 6.45) is -0.610. The molecule has 1 heterocycles. The predicted octanol–water partition coefficient (Wildman–Crippen LogP) is 6.02. The Morgan fingerprint density at radius 3 is 1.16 bits per heavy atom. The topological polar surface area (TPSA) is 601 Å². The molecule has 0 bridgehead atoms. The number of nitro groups is 4. The zero-order valence-corrected chi connectivity index (χ0v) is 75.2.